The lowest BCUT2D eigenvalue weighted by Gasteiger charge is -2.38. The lowest BCUT2D eigenvalue weighted by atomic mass is 9.71. The van der Waals surface area contributed by atoms with Crippen molar-refractivity contribution >= 4 is 11.8 Å². The van der Waals surface area contributed by atoms with Gasteiger partial charge in [0, 0.05) is 24.2 Å². The molecule has 1 aromatic carbocycles. The zero-order chi connectivity index (χ0) is 21.8. The van der Waals surface area contributed by atoms with Gasteiger partial charge in [-0.25, -0.2) is 4.79 Å². The van der Waals surface area contributed by atoms with Gasteiger partial charge < -0.3 is 14.6 Å². The van der Waals surface area contributed by atoms with Crippen LogP contribution in [0, 0.1) is 0 Å². The first kappa shape index (κ1) is 20.9. The summed E-state index contributed by atoms with van der Waals surface area (Å²) >= 11 is 0. The summed E-state index contributed by atoms with van der Waals surface area (Å²) < 4.78 is 10.6. The van der Waals surface area contributed by atoms with E-state index in [1.807, 2.05) is 12.1 Å². The van der Waals surface area contributed by atoms with Gasteiger partial charge in [0.1, 0.15) is 5.41 Å². The largest absolute Gasteiger partial charge is 0.461 e. The summed E-state index contributed by atoms with van der Waals surface area (Å²) in [4.78, 5) is 27.6. The number of para-hydroxylation sites is 1. The summed E-state index contributed by atoms with van der Waals surface area (Å²) in [5.41, 5.74) is 0.111. The van der Waals surface area contributed by atoms with Gasteiger partial charge in [0.2, 0.25) is 0 Å². The smallest absolute Gasteiger partial charge is 0.360 e. The highest BCUT2D eigenvalue weighted by Crippen LogP contribution is 2.38. The minimum Gasteiger partial charge on any atom is -0.461 e. The molecule has 0 unspecified atom stereocenters. The second-order valence-corrected chi connectivity index (χ2v) is 7.57. The van der Waals surface area contributed by atoms with Crippen LogP contribution in [0.5, 0.6) is 0 Å². The van der Waals surface area contributed by atoms with E-state index in [0.717, 1.165) is 12.8 Å². The lowest BCUT2D eigenvalue weighted by Crippen LogP contribution is -2.52. The molecule has 1 N–H and O–H groups in total. The van der Waals surface area contributed by atoms with E-state index in [-0.39, 0.29) is 18.1 Å². The normalized spacial score (nSPS) is 21.0. The Hall–Kier alpha value is -3.33. The highest BCUT2D eigenvalue weighted by molar-refractivity contribution is 6.06. The van der Waals surface area contributed by atoms with Crippen LogP contribution in [0.15, 0.2) is 47.2 Å². The maximum atomic E-state index is 14.0. The number of Topliss-reactive ketones (excluding diaryl/α,β-unsaturated/α-hetero) is 1. The van der Waals surface area contributed by atoms with Gasteiger partial charge in [-0.15, -0.1) is 0 Å². The van der Waals surface area contributed by atoms with Crippen LogP contribution in [-0.2, 0) is 10.2 Å². The van der Waals surface area contributed by atoms with Gasteiger partial charge in [-0.3, -0.25) is 4.79 Å². The second-order valence-electron chi connectivity index (χ2n) is 7.57. The van der Waals surface area contributed by atoms with E-state index >= 15 is 0 Å². The summed E-state index contributed by atoms with van der Waals surface area (Å²) in [5, 5.41) is 15.7. The number of esters is 1. The highest BCUT2D eigenvalue weighted by atomic mass is 16.5. The van der Waals surface area contributed by atoms with Crippen molar-refractivity contribution in [1.82, 2.24) is 25.5 Å². The Morgan fingerprint density at radius 2 is 2.03 bits per heavy atom. The molecule has 3 heterocycles. The molecule has 162 valence electrons. The summed E-state index contributed by atoms with van der Waals surface area (Å²) in [5.74, 6) is -0.351. The molecular formula is C22H25N5O4. The van der Waals surface area contributed by atoms with Crippen molar-refractivity contribution in [3.05, 3.63) is 59.7 Å². The maximum absolute atomic E-state index is 14.0. The molecule has 0 aliphatic carbocycles. The number of ketones is 1. The Balaban J connectivity index is 1.77. The van der Waals surface area contributed by atoms with E-state index in [9.17, 15) is 9.59 Å². The van der Waals surface area contributed by atoms with Gasteiger partial charge in [-0.05, 0) is 38.3 Å². The molecule has 0 spiro atoms. The minimum atomic E-state index is -1.01. The third-order valence-electron chi connectivity index (χ3n) is 5.79. The van der Waals surface area contributed by atoms with Gasteiger partial charge in [0.25, 0.3) is 0 Å². The van der Waals surface area contributed by atoms with E-state index in [1.165, 1.54) is 10.9 Å². The number of hydrogen-bond acceptors (Lipinski definition) is 8. The number of aromatic nitrogens is 4. The zero-order valence-electron chi connectivity index (χ0n) is 17.6. The number of carbonyl (C=O) groups is 2. The number of ether oxygens (including phenoxy) is 1. The SMILES string of the molecule is CCOC(=O)c1cc([C@@]2(C(=O)c3ccccc3-n3nccn3)CC[C@@H](CC)NC2)on1. The van der Waals surface area contributed by atoms with E-state index in [2.05, 4.69) is 27.6 Å². The molecule has 0 radical (unpaired) electrons. The van der Waals surface area contributed by atoms with Crippen molar-refractivity contribution in [2.75, 3.05) is 13.2 Å². The predicted octanol–water partition coefficient (Wildman–Crippen LogP) is 2.71. The Bertz CT molecular complexity index is 1050. The van der Waals surface area contributed by atoms with Crippen LogP contribution in [0.3, 0.4) is 0 Å². The molecule has 0 amide bonds. The summed E-state index contributed by atoms with van der Waals surface area (Å²) in [6, 6.07) is 9.05. The number of rotatable bonds is 7. The Morgan fingerprint density at radius 3 is 2.71 bits per heavy atom. The highest BCUT2D eigenvalue weighted by Gasteiger charge is 2.47. The summed E-state index contributed by atoms with van der Waals surface area (Å²) in [6.45, 7) is 4.44. The van der Waals surface area contributed by atoms with Gasteiger partial charge in [0.05, 0.1) is 24.7 Å². The monoisotopic (exact) mass is 423 g/mol. The van der Waals surface area contributed by atoms with Gasteiger partial charge in [-0.2, -0.15) is 15.0 Å². The van der Waals surface area contributed by atoms with Gasteiger partial charge >= 0.3 is 5.97 Å². The van der Waals surface area contributed by atoms with Crippen molar-refractivity contribution in [1.29, 1.82) is 0 Å². The van der Waals surface area contributed by atoms with Gasteiger partial charge in [-0.1, -0.05) is 24.2 Å². The van der Waals surface area contributed by atoms with Crippen LogP contribution < -0.4 is 5.32 Å². The number of hydrogen-bond donors (Lipinski definition) is 1. The number of carbonyl (C=O) groups excluding carboxylic acids is 2. The van der Waals surface area contributed by atoms with E-state index in [1.54, 1.807) is 31.5 Å². The van der Waals surface area contributed by atoms with Crippen molar-refractivity contribution < 1.29 is 18.8 Å². The average molecular weight is 423 g/mol. The zero-order valence-corrected chi connectivity index (χ0v) is 17.6. The van der Waals surface area contributed by atoms with Crippen LogP contribution in [-0.4, -0.2) is 51.1 Å². The third-order valence-corrected chi connectivity index (χ3v) is 5.79. The Kier molecular flexibility index (Phi) is 5.94. The van der Waals surface area contributed by atoms with Crippen molar-refractivity contribution in [2.45, 2.75) is 44.6 Å². The quantitative estimate of drug-likeness (QED) is 0.456. The van der Waals surface area contributed by atoms with Crippen LogP contribution in [0.4, 0.5) is 0 Å². The topological polar surface area (TPSA) is 112 Å². The van der Waals surface area contributed by atoms with E-state index in [0.29, 0.717) is 36.0 Å². The maximum Gasteiger partial charge on any atom is 0.360 e. The molecule has 9 nitrogen and oxygen atoms in total. The molecule has 0 saturated carbocycles. The number of nitrogens with one attached hydrogen (secondary N) is 1. The fraction of sp³-hybridized carbons (Fsp3) is 0.409. The minimum absolute atomic E-state index is 0.0590. The third kappa shape index (κ3) is 3.88. The molecule has 1 fully saturated rings. The molecule has 9 heteroatoms. The fourth-order valence-electron chi connectivity index (χ4n) is 4.03. The first-order chi connectivity index (χ1) is 15.1. The second kappa shape index (κ2) is 8.81. The average Bonchev–Trinajstić information content (AvgIpc) is 3.51. The Labute approximate surface area is 179 Å². The van der Waals surface area contributed by atoms with E-state index in [4.69, 9.17) is 9.26 Å². The number of benzene rings is 1. The van der Waals surface area contributed by atoms with Gasteiger partial charge in [0.15, 0.2) is 17.2 Å². The van der Waals surface area contributed by atoms with Crippen LogP contribution >= 0.6 is 0 Å². The van der Waals surface area contributed by atoms with Crippen LogP contribution in [0.2, 0.25) is 0 Å². The Morgan fingerprint density at radius 1 is 1.26 bits per heavy atom. The fourth-order valence-corrected chi connectivity index (χ4v) is 4.03. The molecule has 0 bridgehead atoms. The molecule has 2 atom stereocenters. The number of piperidine rings is 1. The molecule has 1 aliphatic heterocycles. The predicted molar refractivity (Wildman–Crippen MR) is 111 cm³/mol. The van der Waals surface area contributed by atoms with Crippen molar-refractivity contribution in [3.8, 4) is 5.69 Å². The molecule has 2 aromatic heterocycles. The van der Waals surface area contributed by atoms with Crippen LogP contribution in [0.1, 0.15) is 59.7 Å². The van der Waals surface area contributed by atoms with Crippen LogP contribution in [0.25, 0.3) is 5.69 Å². The molecular weight excluding hydrogens is 398 g/mol. The number of nitrogens with zero attached hydrogens (tertiary/aromatic N) is 4. The standard InChI is InChI=1S/C22H25N5O4/c1-3-15-9-10-22(14-23-15,19-13-17(26-31-19)21(29)30-4-2)20(28)16-7-5-6-8-18(16)27-24-11-12-25-27/h5-8,11-13,15,23H,3-4,9-10,14H2,1-2H3/t15-,22-/m1/s1. The molecule has 3 aromatic rings. The van der Waals surface area contributed by atoms with Crippen molar-refractivity contribution in [3.63, 3.8) is 0 Å². The molecule has 4 rings (SSSR count). The molecule has 1 saturated heterocycles. The molecule has 1 aliphatic rings. The summed E-state index contributed by atoms with van der Waals surface area (Å²) in [6.07, 6.45) is 5.44. The first-order valence-corrected chi connectivity index (χ1v) is 10.5. The summed E-state index contributed by atoms with van der Waals surface area (Å²) in [7, 11) is 0. The van der Waals surface area contributed by atoms with E-state index < -0.39 is 11.4 Å². The lowest BCUT2D eigenvalue weighted by molar-refractivity contribution is 0.0514. The first-order valence-electron chi connectivity index (χ1n) is 10.5. The van der Waals surface area contributed by atoms with Crippen molar-refractivity contribution in [2.24, 2.45) is 0 Å². The molecule has 31 heavy (non-hydrogen) atoms.